The van der Waals surface area contributed by atoms with Gasteiger partial charge in [0.05, 0.1) is 12.8 Å². The number of hydrogen-bond donors (Lipinski definition) is 0. The molecular formula is C19H18N2O4. The van der Waals surface area contributed by atoms with Crippen LogP contribution in [0.1, 0.15) is 11.3 Å². The van der Waals surface area contributed by atoms with Crippen LogP contribution in [0.25, 0.3) is 0 Å². The minimum absolute atomic E-state index is 0.143. The van der Waals surface area contributed by atoms with E-state index in [1.54, 1.807) is 17.2 Å². The summed E-state index contributed by atoms with van der Waals surface area (Å²) in [5.74, 6) is 7.83. The first-order chi connectivity index (χ1) is 12.3. The minimum Gasteiger partial charge on any atom is -0.468 e. The van der Waals surface area contributed by atoms with Crippen LogP contribution in [0.5, 0.6) is 11.5 Å². The largest absolute Gasteiger partial charge is 0.468 e. The minimum atomic E-state index is -0.143. The smallest absolute Gasteiger partial charge is 0.298 e. The zero-order valence-corrected chi connectivity index (χ0v) is 13.7. The van der Waals surface area contributed by atoms with Crippen LogP contribution in [-0.2, 0) is 11.3 Å². The van der Waals surface area contributed by atoms with Gasteiger partial charge in [-0.15, -0.1) is 0 Å². The maximum absolute atomic E-state index is 12.3. The zero-order chi connectivity index (χ0) is 17.1. The Labute approximate surface area is 145 Å². The normalized spacial score (nSPS) is 16.4. The third kappa shape index (κ3) is 3.62. The van der Waals surface area contributed by atoms with Crippen molar-refractivity contribution in [3.8, 4) is 23.3 Å². The Bertz CT molecular complexity index is 812. The number of amides is 1. The number of rotatable bonds is 2. The maximum atomic E-state index is 12.3. The SMILES string of the molecule is O=C(C#Cc1ccc2c(c1)OCO2)N1CCN(Cc2ccco2)CC1. The number of benzene rings is 1. The Kier molecular flexibility index (Phi) is 4.32. The molecule has 2 aliphatic heterocycles. The summed E-state index contributed by atoms with van der Waals surface area (Å²) in [4.78, 5) is 16.4. The number of ether oxygens (including phenoxy) is 2. The Morgan fingerprint density at radius 2 is 1.92 bits per heavy atom. The van der Waals surface area contributed by atoms with Gasteiger partial charge >= 0.3 is 0 Å². The second-order valence-electron chi connectivity index (χ2n) is 5.97. The third-order valence-corrected chi connectivity index (χ3v) is 4.31. The van der Waals surface area contributed by atoms with Crippen molar-refractivity contribution in [2.24, 2.45) is 0 Å². The van der Waals surface area contributed by atoms with Crippen LogP contribution in [0.2, 0.25) is 0 Å². The van der Waals surface area contributed by atoms with Gasteiger partial charge < -0.3 is 18.8 Å². The molecule has 1 aromatic carbocycles. The summed E-state index contributed by atoms with van der Waals surface area (Å²) in [5, 5.41) is 0. The summed E-state index contributed by atoms with van der Waals surface area (Å²) in [6.07, 6.45) is 1.68. The molecule has 1 aromatic heterocycles. The molecule has 0 bridgehead atoms. The Hall–Kier alpha value is -2.91. The Morgan fingerprint density at radius 3 is 2.72 bits per heavy atom. The van der Waals surface area contributed by atoms with Gasteiger partial charge in [-0.05, 0) is 30.3 Å². The molecule has 2 aromatic rings. The van der Waals surface area contributed by atoms with Gasteiger partial charge in [0.2, 0.25) is 6.79 Å². The first-order valence-corrected chi connectivity index (χ1v) is 8.23. The Balaban J connectivity index is 1.32. The van der Waals surface area contributed by atoms with Gasteiger partial charge in [0.1, 0.15) is 5.76 Å². The van der Waals surface area contributed by atoms with E-state index >= 15 is 0 Å². The number of fused-ring (bicyclic) bond motifs is 1. The van der Waals surface area contributed by atoms with E-state index in [1.165, 1.54) is 0 Å². The van der Waals surface area contributed by atoms with Crippen molar-refractivity contribution in [3.05, 3.63) is 47.9 Å². The summed E-state index contributed by atoms with van der Waals surface area (Å²) >= 11 is 0. The quantitative estimate of drug-likeness (QED) is 0.780. The molecule has 4 rings (SSSR count). The molecule has 6 heteroatoms. The molecule has 3 heterocycles. The van der Waals surface area contributed by atoms with Crippen molar-refractivity contribution < 1.29 is 18.7 Å². The van der Waals surface area contributed by atoms with E-state index < -0.39 is 0 Å². The van der Waals surface area contributed by atoms with Crippen LogP contribution in [0.15, 0.2) is 41.0 Å². The van der Waals surface area contributed by atoms with E-state index in [0.717, 1.165) is 31.0 Å². The lowest BCUT2D eigenvalue weighted by Crippen LogP contribution is -2.47. The highest BCUT2D eigenvalue weighted by Gasteiger charge is 2.20. The second-order valence-corrected chi connectivity index (χ2v) is 5.97. The van der Waals surface area contributed by atoms with Crippen molar-refractivity contribution in [3.63, 3.8) is 0 Å². The van der Waals surface area contributed by atoms with Crippen molar-refractivity contribution in [2.75, 3.05) is 33.0 Å². The van der Waals surface area contributed by atoms with Gasteiger partial charge in [-0.3, -0.25) is 9.69 Å². The molecule has 0 aliphatic carbocycles. The molecule has 1 amide bonds. The van der Waals surface area contributed by atoms with Crippen LogP contribution in [-0.4, -0.2) is 48.7 Å². The number of nitrogens with zero attached hydrogens (tertiary/aromatic N) is 2. The molecule has 128 valence electrons. The first-order valence-electron chi connectivity index (χ1n) is 8.23. The van der Waals surface area contributed by atoms with Gasteiger partial charge in [-0.1, -0.05) is 5.92 Å². The lowest BCUT2D eigenvalue weighted by molar-refractivity contribution is -0.126. The van der Waals surface area contributed by atoms with Crippen molar-refractivity contribution in [1.82, 2.24) is 9.80 Å². The number of carbonyl (C=O) groups is 1. The summed E-state index contributed by atoms with van der Waals surface area (Å²) in [6.45, 7) is 3.99. The number of carbonyl (C=O) groups excluding carboxylic acids is 1. The molecule has 0 atom stereocenters. The Morgan fingerprint density at radius 1 is 1.08 bits per heavy atom. The van der Waals surface area contributed by atoms with Crippen LogP contribution < -0.4 is 9.47 Å². The molecule has 2 aliphatic rings. The van der Waals surface area contributed by atoms with Gasteiger partial charge in [0.15, 0.2) is 11.5 Å². The van der Waals surface area contributed by atoms with Gasteiger partial charge in [-0.25, -0.2) is 0 Å². The summed E-state index contributed by atoms with van der Waals surface area (Å²) < 4.78 is 15.9. The molecule has 0 spiro atoms. The predicted molar refractivity (Wildman–Crippen MR) is 90.0 cm³/mol. The monoisotopic (exact) mass is 338 g/mol. The van der Waals surface area contributed by atoms with Crippen LogP contribution in [0.3, 0.4) is 0 Å². The van der Waals surface area contributed by atoms with Crippen molar-refractivity contribution in [1.29, 1.82) is 0 Å². The topological polar surface area (TPSA) is 55.2 Å². The van der Waals surface area contributed by atoms with Gasteiger partial charge in [0.25, 0.3) is 5.91 Å². The molecule has 0 N–H and O–H groups in total. The van der Waals surface area contributed by atoms with E-state index in [1.807, 2.05) is 24.3 Å². The average Bonchev–Trinajstić information content (AvgIpc) is 3.31. The standard InChI is InChI=1S/C19H18N2O4/c22-19(6-4-15-3-5-17-18(12-15)25-14-24-17)21-9-7-20(8-10-21)13-16-2-1-11-23-16/h1-3,5,11-12H,7-10,13-14H2. The molecule has 0 unspecified atom stereocenters. The summed E-state index contributed by atoms with van der Waals surface area (Å²) in [5.41, 5.74) is 0.744. The van der Waals surface area contributed by atoms with E-state index in [9.17, 15) is 4.79 Å². The maximum Gasteiger partial charge on any atom is 0.298 e. The highest BCUT2D eigenvalue weighted by molar-refractivity contribution is 5.94. The van der Waals surface area contributed by atoms with E-state index in [2.05, 4.69) is 16.7 Å². The third-order valence-electron chi connectivity index (χ3n) is 4.31. The summed E-state index contributed by atoms with van der Waals surface area (Å²) in [7, 11) is 0. The summed E-state index contributed by atoms with van der Waals surface area (Å²) in [6, 6.07) is 9.29. The highest BCUT2D eigenvalue weighted by Crippen LogP contribution is 2.32. The first kappa shape index (κ1) is 15.6. The number of piperazine rings is 1. The molecular weight excluding hydrogens is 320 g/mol. The lowest BCUT2D eigenvalue weighted by atomic mass is 10.2. The number of hydrogen-bond acceptors (Lipinski definition) is 5. The van der Waals surface area contributed by atoms with Crippen LogP contribution in [0.4, 0.5) is 0 Å². The lowest BCUT2D eigenvalue weighted by Gasteiger charge is -2.33. The fourth-order valence-electron chi connectivity index (χ4n) is 2.91. The predicted octanol–water partition coefficient (Wildman–Crippen LogP) is 1.70. The molecule has 0 radical (unpaired) electrons. The van der Waals surface area contributed by atoms with E-state index in [-0.39, 0.29) is 12.7 Å². The highest BCUT2D eigenvalue weighted by atomic mass is 16.7. The number of furan rings is 1. The van der Waals surface area contributed by atoms with Gasteiger partial charge in [0, 0.05) is 37.7 Å². The molecule has 1 saturated heterocycles. The fourth-order valence-corrected chi connectivity index (χ4v) is 2.91. The molecule has 1 fully saturated rings. The second kappa shape index (κ2) is 6.91. The van der Waals surface area contributed by atoms with Gasteiger partial charge in [-0.2, -0.15) is 0 Å². The van der Waals surface area contributed by atoms with E-state index in [0.29, 0.717) is 24.6 Å². The zero-order valence-electron chi connectivity index (χ0n) is 13.7. The van der Waals surface area contributed by atoms with Crippen LogP contribution >= 0.6 is 0 Å². The van der Waals surface area contributed by atoms with E-state index in [4.69, 9.17) is 13.9 Å². The molecule has 6 nitrogen and oxygen atoms in total. The van der Waals surface area contributed by atoms with Crippen LogP contribution in [0, 0.1) is 11.8 Å². The fraction of sp³-hybridized carbons (Fsp3) is 0.316. The van der Waals surface area contributed by atoms with Crippen molar-refractivity contribution >= 4 is 5.91 Å². The molecule has 25 heavy (non-hydrogen) atoms. The molecule has 0 saturated carbocycles. The average molecular weight is 338 g/mol. The van der Waals surface area contributed by atoms with Crippen molar-refractivity contribution in [2.45, 2.75) is 6.54 Å².